The Balaban J connectivity index is 0.000000293. The summed E-state index contributed by atoms with van der Waals surface area (Å²) >= 11 is 0. The number of aliphatic carboxylic acids is 1. The SMILES string of the molecule is O=C(O)C1CCC(OCCC(F)(F)F)CC1.O=C(OCc1ccccc1)c1ccc(OCCC(F)(F)F)cc1. The summed E-state index contributed by atoms with van der Waals surface area (Å²) in [5, 5.41) is 8.72. The molecule has 1 fully saturated rings. The number of halogens is 6. The number of hydrogen-bond acceptors (Lipinski definition) is 5. The Morgan fingerprint density at radius 2 is 1.36 bits per heavy atom. The molecular formula is C27H30F6O6. The largest absolute Gasteiger partial charge is 0.493 e. The molecule has 0 bridgehead atoms. The normalized spacial score (nSPS) is 17.5. The van der Waals surface area contributed by atoms with Crippen LogP contribution in [0.2, 0.25) is 0 Å². The number of benzene rings is 2. The smallest absolute Gasteiger partial charge is 0.392 e. The van der Waals surface area contributed by atoms with Gasteiger partial charge in [-0.05, 0) is 55.5 Å². The molecule has 0 spiro atoms. The first-order valence-corrected chi connectivity index (χ1v) is 12.2. The molecule has 6 nitrogen and oxygen atoms in total. The van der Waals surface area contributed by atoms with Crippen LogP contribution in [0.25, 0.3) is 0 Å². The molecule has 2 aromatic carbocycles. The highest BCUT2D eigenvalue weighted by atomic mass is 19.4. The molecule has 0 unspecified atom stereocenters. The number of carboxylic acid groups (broad SMARTS) is 1. The Bertz CT molecular complexity index is 1000. The lowest BCUT2D eigenvalue weighted by Crippen LogP contribution is -2.27. The maximum Gasteiger partial charge on any atom is 0.392 e. The van der Waals surface area contributed by atoms with Gasteiger partial charge in [0, 0.05) is 0 Å². The van der Waals surface area contributed by atoms with Crippen molar-refractivity contribution in [2.24, 2.45) is 5.92 Å². The van der Waals surface area contributed by atoms with Gasteiger partial charge in [-0.15, -0.1) is 0 Å². The van der Waals surface area contributed by atoms with Crippen LogP contribution in [0.1, 0.15) is 54.4 Å². The summed E-state index contributed by atoms with van der Waals surface area (Å²) in [6.45, 7) is -0.628. The van der Waals surface area contributed by atoms with E-state index in [4.69, 9.17) is 19.3 Å². The molecule has 0 aromatic heterocycles. The number of ether oxygens (including phenoxy) is 3. The van der Waals surface area contributed by atoms with E-state index >= 15 is 0 Å². The molecule has 0 atom stereocenters. The Kier molecular flexibility index (Phi) is 12.6. The van der Waals surface area contributed by atoms with Gasteiger partial charge in [-0.1, -0.05) is 30.3 Å². The second kappa shape index (κ2) is 15.3. The number of hydrogen-bond donors (Lipinski definition) is 1. The lowest BCUT2D eigenvalue weighted by atomic mass is 9.87. The maximum absolute atomic E-state index is 12.0. The number of carbonyl (C=O) groups is 2. The van der Waals surface area contributed by atoms with Crippen LogP contribution in [-0.2, 0) is 20.9 Å². The van der Waals surface area contributed by atoms with Gasteiger partial charge in [0.1, 0.15) is 12.4 Å². The van der Waals surface area contributed by atoms with Crippen LogP contribution in [0.3, 0.4) is 0 Å². The lowest BCUT2D eigenvalue weighted by molar-refractivity contribution is -0.152. The molecule has 1 aliphatic rings. The van der Waals surface area contributed by atoms with Crippen LogP contribution in [-0.4, -0.2) is 48.7 Å². The second-order valence-corrected chi connectivity index (χ2v) is 8.85. The number of carbonyl (C=O) groups excluding carboxylic acids is 1. The van der Waals surface area contributed by atoms with E-state index in [1.165, 1.54) is 24.3 Å². The zero-order chi connectivity index (χ0) is 28.9. The predicted octanol–water partition coefficient (Wildman–Crippen LogP) is 6.97. The molecular weight excluding hydrogens is 534 g/mol. The maximum atomic E-state index is 12.0. The van der Waals surface area contributed by atoms with Crippen molar-refractivity contribution in [1.82, 2.24) is 0 Å². The minimum absolute atomic E-state index is 0.156. The summed E-state index contributed by atoms with van der Waals surface area (Å²) in [7, 11) is 0. The quantitative estimate of drug-likeness (QED) is 0.248. The van der Waals surface area contributed by atoms with Gasteiger partial charge in [0.2, 0.25) is 0 Å². The summed E-state index contributed by atoms with van der Waals surface area (Å²) in [6.07, 6.45) is -8.54. The van der Waals surface area contributed by atoms with Gasteiger partial charge in [0.25, 0.3) is 0 Å². The molecule has 0 heterocycles. The number of carboxylic acids is 1. The van der Waals surface area contributed by atoms with Crippen LogP contribution in [0.5, 0.6) is 5.75 Å². The van der Waals surface area contributed by atoms with E-state index in [-0.39, 0.29) is 31.0 Å². The molecule has 12 heteroatoms. The fourth-order valence-corrected chi connectivity index (χ4v) is 3.60. The summed E-state index contributed by atoms with van der Waals surface area (Å²) in [5.41, 5.74) is 1.18. The van der Waals surface area contributed by atoms with Crippen molar-refractivity contribution in [3.8, 4) is 5.75 Å². The Morgan fingerprint density at radius 3 is 1.90 bits per heavy atom. The van der Waals surface area contributed by atoms with Crippen molar-refractivity contribution < 1.29 is 55.2 Å². The average Bonchev–Trinajstić information content (AvgIpc) is 2.87. The molecule has 216 valence electrons. The lowest BCUT2D eigenvalue weighted by Gasteiger charge is -2.26. The Labute approximate surface area is 221 Å². The highest BCUT2D eigenvalue weighted by Crippen LogP contribution is 2.27. The fourth-order valence-electron chi connectivity index (χ4n) is 3.60. The molecule has 1 N–H and O–H groups in total. The predicted molar refractivity (Wildman–Crippen MR) is 128 cm³/mol. The zero-order valence-electron chi connectivity index (χ0n) is 21.0. The molecule has 1 aliphatic carbocycles. The zero-order valence-corrected chi connectivity index (χ0v) is 21.0. The first kappa shape index (κ1) is 31.9. The summed E-state index contributed by atoms with van der Waals surface area (Å²) in [4.78, 5) is 22.5. The van der Waals surface area contributed by atoms with Crippen LogP contribution < -0.4 is 4.74 Å². The first-order valence-electron chi connectivity index (χ1n) is 12.2. The van der Waals surface area contributed by atoms with Gasteiger partial charge in [-0.2, -0.15) is 26.3 Å². The van der Waals surface area contributed by atoms with Crippen LogP contribution >= 0.6 is 0 Å². The molecule has 3 rings (SSSR count). The van der Waals surface area contributed by atoms with Crippen molar-refractivity contribution in [2.45, 2.75) is 63.6 Å². The van der Waals surface area contributed by atoms with Gasteiger partial charge in [-0.25, -0.2) is 4.79 Å². The highest BCUT2D eigenvalue weighted by Gasteiger charge is 2.30. The van der Waals surface area contributed by atoms with Gasteiger partial charge < -0.3 is 19.3 Å². The van der Waals surface area contributed by atoms with Crippen molar-refractivity contribution in [3.05, 3.63) is 65.7 Å². The van der Waals surface area contributed by atoms with Gasteiger partial charge >= 0.3 is 24.3 Å². The summed E-state index contributed by atoms with van der Waals surface area (Å²) < 4.78 is 86.7. The number of alkyl halides is 6. The molecule has 0 amide bonds. The molecule has 39 heavy (non-hydrogen) atoms. The summed E-state index contributed by atoms with van der Waals surface area (Å²) in [5.74, 6) is -1.42. The fraction of sp³-hybridized carbons (Fsp3) is 0.481. The average molecular weight is 565 g/mol. The van der Waals surface area contributed by atoms with Gasteiger partial charge in [-0.3, -0.25) is 4.79 Å². The molecule has 1 saturated carbocycles. The van der Waals surface area contributed by atoms with Crippen LogP contribution in [0.15, 0.2) is 54.6 Å². The number of rotatable bonds is 10. The highest BCUT2D eigenvalue weighted by molar-refractivity contribution is 5.89. The standard InChI is InChI=1S/C17H15F3O3.C10H15F3O3/c18-17(19,20)10-11-22-15-8-6-14(7-9-15)16(21)23-12-13-4-2-1-3-5-13;11-10(12,13)5-6-16-8-3-1-7(2-4-8)9(14)15/h1-9H,10-12H2;7-8H,1-6H2,(H,14,15). The third-order valence-corrected chi connectivity index (χ3v) is 5.72. The Hall–Kier alpha value is -3.28. The van der Waals surface area contributed by atoms with Crippen LogP contribution in [0.4, 0.5) is 26.3 Å². The number of esters is 1. The van der Waals surface area contributed by atoms with Crippen molar-refractivity contribution in [2.75, 3.05) is 13.2 Å². The van der Waals surface area contributed by atoms with Gasteiger partial charge in [0.05, 0.1) is 43.6 Å². The minimum Gasteiger partial charge on any atom is -0.493 e. The molecule has 2 aromatic rings. The first-order chi connectivity index (χ1) is 18.3. The van der Waals surface area contributed by atoms with Crippen molar-refractivity contribution in [1.29, 1.82) is 0 Å². The van der Waals surface area contributed by atoms with Crippen molar-refractivity contribution in [3.63, 3.8) is 0 Å². The third kappa shape index (κ3) is 13.9. The van der Waals surface area contributed by atoms with E-state index in [2.05, 4.69) is 0 Å². The molecule has 0 radical (unpaired) electrons. The monoisotopic (exact) mass is 564 g/mol. The topological polar surface area (TPSA) is 82.1 Å². The second-order valence-electron chi connectivity index (χ2n) is 8.85. The Morgan fingerprint density at radius 1 is 0.795 bits per heavy atom. The molecule has 0 saturated heterocycles. The van der Waals surface area contributed by atoms with E-state index in [0.717, 1.165) is 5.56 Å². The van der Waals surface area contributed by atoms with Crippen LogP contribution in [0, 0.1) is 5.92 Å². The van der Waals surface area contributed by atoms with E-state index in [1.54, 1.807) is 0 Å². The molecule has 0 aliphatic heterocycles. The third-order valence-electron chi connectivity index (χ3n) is 5.72. The van der Waals surface area contributed by atoms with Crippen molar-refractivity contribution >= 4 is 11.9 Å². The van der Waals surface area contributed by atoms with Gasteiger partial charge in [0.15, 0.2) is 0 Å². The minimum atomic E-state index is -4.25. The van der Waals surface area contributed by atoms with E-state index in [9.17, 15) is 35.9 Å². The van der Waals surface area contributed by atoms with E-state index in [0.29, 0.717) is 31.2 Å². The van der Waals surface area contributed by atoms with E-state index < -0.39 is 43.7 Å². The van der Waals surface area contributed by atoms with E-state index in [1.807, 2.05) is 30.3 Å². The summed E-state index contributed by atoms with van der Waals surface area (Å²) in [6, 6.07) is 15.0.